The third kappa shape index (κ3) is 3.34. The molecule has 0 aliphatic rings. The molecular formula is C27H24S. The quantitative estimate of drug-likeness (QED) is 0.287. The molecule has 0 bridgehead atoms. The van der Waals surface area contributed by atoms with Gasteiger partial charge in [-0.1, -0.05) is 104 Å². The Balaban J connectivity index is 0.000000932. The maximum atomic E-state index is 2.25. The molecule has 0 aliphatic carbocycles. The first-order chi connectivity index (χ1) is 13.8. The van der Waals surface area contributed by atoms with E-state index in [1.165, 1.54) is 48.0 Å². The molecule has 28 heavy (non-hydrogen) atoms. The second-order valence-electron chi connectivity index (χ2n) is 6.73. The Hall–Kier alpha value is -2.90. The van der Waals surface area contributed by atoms with Crippen LogP contribution in [0.3, 0.4) is 0 Å². The van der Waals surface area contributed by atoms with Gasteiger partial charge in [-0.25, -0.2) is 0 Å². The van der Waals surface area contributed by atoms with E-state index in [-0.39, 0.29) is 0 Å². The lowest BCUT2D eigenvalue weighted by atomic mass is 9.98. The topological polar surface area (TPSA) is 0 Å². The van der Waals surface area contributed by atoms with E-state index in [2.05, 4.69) is 97.9 Å². The molecular weight excluding hydrogens is 356 g/mol. The minimum absolute atomic E-state index is 1.26. The smallest absolute Gasteiger partial charge is 0.0433 e. The van der Waals surface area contributed by atoms with Gasteiger partial charge in [0, 0.05) is 20.2 Å². The van der Waals surface area contributed by atoms with Crippen LogP contribution in [0.1, 0.15) is 19.4 Å². The lowest BCUT2D eigenvalue weighted by Crippen LogP contribution is -1.82. The summed E-state index contributed by atoms with van der Waals surface area (Å²) in [7, 11) is 0. The van der Waals surface area contributed by atoms with Crippen molar-refractivity contribution in [3.05, 3.63) is 96.6 Å². The van der Waals surface area contributed by atoms with Crippen molar-refractivity contribution < 1.29 is 0 Å². The van der Waals surface area contributed by atoms with Crippen molar-refractivity contribution in [3.8, 4) is 22.3 Å². The predicted octanol–water partition coefficient (Wildman–Crippen LogP) is 8.72. The van der Waals surface area contributed by atoms with Gasteiger partial charge in [0.05, 0.1) is 0 Å². The first-order valence-electron chi connectivity index (χ1n) is 9.87. The zero-order valence-electron chi connectivity index (χ0n) is 16.6. The second-order valence-corrected chi connectivity index (χ2v) is 7.78. The minimum Gasteiger partial charge on any atom is -0.135 e. The Bertz CT molecular complexity index is 1230. The molecule has 5 aromatic rings. The number of rotatable bonds is 2. The summed E-state index contributed by atoms with van der Waals surface area (Å²) in [5, 5.41) is 2.71. The molecule has 0 unspecified atom stereocenters. The van der Waals surface area contributed by atoms with E-state index in [0.29, 0.717) is 0 Å². The number of thiophene rings is 1. The minimum atomic E-state index is 1.26. The van der Waals surface area contributed by atoms with Gasteiger partial charge >= 0.3 is 0 Å². The van der Waals surface area contributed by atoms with Gasteiger partial charge in [0.25, 0.3) is 0 Å². The molecule has 0 fully saturated rings. The Morgan fingerprint density at radius 2 is 1.25 bits per heavy atom. The average molecular weight is 381 g/mol. The van der Waals surface area contributed by atoms with E-state index >= 15 is 0 Å². The molecule has 0 aliphatic heterocycles. The van der Waals surface area contributed by atoms with Crippen molar-refractivity contribution in [2.75, 3.05) is 0 Å². The predicted molar refractivity (Wildman–Crippen MR) is 126 cm³/mol. The molecule has 4 aromatic carbocycles. The Morgan fingerprint density at radius 1 is 0.571 bits per heavy atom. The number of hydrogen-bond acceptors (Lipinski definition) is 1. The first-order valence-corrected chi connectivity index (χ1v) is 10.7. The molecule has 0 N–H and O–H groups in total. The Kier molecular flexibility index (Phi) is 5.27. The van der Waals surface area contributed by atoms with Crippen molar-refractivity contribution >= 4 is 31.5 Å². The third-order valence-electron chi connectivity index (χ3n) is 4.95. The van der Waals surface area contributed by atoms with Crippen LogP contribution in [-0.4, -0.2) is 0 Å². The standard InChI is InChI=1S/C25H18S.C2H6/c1-17-6-4-7-20(16-17)18-12-14-19(15-13-18)21-9-5-10-23-22-8-2-3-11-24(22)26-25(21)23;1-2/h2-16H,1H3;1-2H3. The Morgan fingerprint density at radius 3 is 2.04 bits per heavy atom. The molecule has 1 heterocycles. The number of aryl methyl sites for hydroxylation is 1. The molecule has 0 radical (unpaired) electrons. The molecule has 138 valence electrons. The highest BCUT2D eigenvalue weighted by Crippen LogP contribution is 2.40. The summed E-state index contributed by atoms with van der Waals surface area (Å²) in [6, 6.07) is 33.0. The fourth-order valence-electron chi connectivity index (χ4n) is 3.64. The van der Waals surface area contributed by atoms with Crippen molar-refractivity contribution in [3.63, 3.8) is 0 Å². The second kappa shape index (κ2) is 8.00. The molecule has 5 rings (SSSR count). The van der Waals surface area contributed by atoms with E-state index in [9.17, 15) is 0 Å². The van der Waals surface area contributed by atoms with Crippen molar-refractivity contribution in [1.29, 1.82) is 0 Å². The summed E-state index contributed by atoms with van der Waals surface area (Å²) in [5.41, 5.74) is 6.43. The highest BCUT2D eigenvalue weighted by Gasteiger charge is 2.10. The first kappa shape index (κ1) is 18.5. The Labute approximate surface area is 171 Å². The lowest BCUT2D eigenvalue weighted by molar-refractivity contribution is 1.47. The van der Waals surface area contributed by atoms with E-state index in [0.717, 1.165) is 0 Å². The van der Waals surface area contributed by atoms with Gasteiger partial charge in [-0.05, 0) is 35.2 Å². The zero-order valence-corrected chi connectivity index (χ0v) is 17.4. The van der Waals surface area contributed by atoms with Crippen LogP contribution < -0.4 is 0 Å². The summed E-state index contributed by atoms with van der Waals surface area (Å²) in [4.78, 5) is 0. The highest BCUT2D eigenvalue weighted by molar-refractivity contribution is 7.26. The van der Waals surface area contributed by atoms with Gasteiger partial charge in [0.15, 0.2) is 0 Å². The lowest BCUT2D eigenvalue weighted by Gasteiger charge is -2.07. The summed E-state index contributed by atoms with van der Waals surface area (Å²) in [6.45, 7) is 6.14. The fraction of sp³-hybridized carbons (Fsp3) is 0.111. The average Bonchev–Trinajstić information content (AvgIpc) is 3.14. The summed E-state index contributed by atoms with van der Waals surface area (Å²) in [6.07, 6.45) is 0. The fourth-order valence-corrected chi connectivity index (χ4v) is 4.88. The van der Waals surface area contributed by atoms with E-state index < -0.39 is 0 Å². The zero-order chi connectivity index (χ0) is 19.5. The molecule has 0 amide bonds. The molecule has 1 heteroatoms. The summed E-state index contributed by atoms with van der Waals surface area (Å²) < 4.78 is 2.73. The van der Waals surface area contributed by atoms with E-state index in [4.69, 9.17) is 0 Å². The van der Waals surface area contributed by atoms with Gasteiger partial charge in [0.2, 0.25) is 0 Å². The normalized spacial score (nSPS) is 10.7. The number of benzene rings is 4. The van der Waals surface area contributed by atoms with Crippen LogP contribution in [0.25, 0.3) is 42.4 Å². The van der Waals surface area contributed by atoms with Crippen molar-refractivity contribution in [2.24, 2.45) is 0 Å². The summed E-state index contributed by atoms with van der Waals surface area (Å²) >= 11 is 1.89. The van der Waals surface area contributed by atoms with Gasteiger partial charge in [0.1, 0.15) is 0 Å². The van der Waals surface area contributed by atoms with E-state index in [1.54, 1.807) is 0 Å². The van der Waals surface area contributed by atoms with Crippen LogP contribution in [0.5, 0.6) is 0 Å². The van der Waals surface area contributed by atoms with Crippen LogP contribution in [0.4, 0.5) is 0 Å². The highest BCUT2D eigenvalue weighted by atomic mass is 32.1. The largest absolute Gasteiger partial charge is 0.135 e. The molecule has 0 atom stereocenters. The van der Waals surface area contributed by atoms with Gasteiger partial charge in [-0.2, -0.15) is 0 Å². The molecule has 0 saturated heterocycles. The molecule has 0 saturated carbocycles. The van der Waals surface area contributed by atoms with Crippen molar-refractivity contribution in [1.82, 2.24) is 0 Å². The molecule has 1 aromatic heterocycles. The van der Waals surface area contributed by atoms with Crippen LogP contribution >= 0.6 is 11.3 Å². The van der Waals surface area contributed by atoms with Gasteiger partial charge in [-0.15, -0.1) is 11.3 Å². The maximum Gasteiger partial charge on any atom is 0.0433 e. The third-order valence-corrected chi connectivity index (χ3v) is 6.17. The maximum absolute atomic E-state index is 2.25. The number of fused-ring (bicyclic) bond motifs is 3. The van der Waals surface area contributed by atoms with Crippen molar-refractivity contribution in [2.45, 2.75) is 20.8 Å². The van der Waals surface area contributed by atoms with Crippen LogP contribution in [0.2, 0.25) is 0 Å². The SMILES string of the molecule is CC.Cc1cccc(-c2ccc(-c3cccc4c3sc3ccccc34)cc2)c1. The molecule has 0 nitrogen and oxygen atoms in total. The number of hydrogen-bond donors (Lipinski definition) is 0. The van der Waals surface area contributed by atoms with Crippen LogP contribution in [0, 0.1) is 6.92 Å². The molecule has 0 spiro atoms. The van der Waals surface area contributed by atoms with Crippen LogP contribution in [0.15, 0.2) is 91.0 Å². The van der Waals surface area contributed by atoms with E-state index in [1.807, 2.05) is 25.2 Å². The monoisotopic (exact) mass is 380 g/mol. The van der Waals surface area contributed by atoms with Crippen LogP contribution in [-0.2, 0) is 0 Å². The summed E-state index contributed by atoms with van der Waals surface area (Å²) in [5.74, 6) is 0. The van der Waals surface area contributed by atoms with Gasteiger partial charge < -0.3 is 0 Å². The van der Waals surface area contributed by atoms with Gasteiger partial charge in [-0.3, -0.25) is 0 Å².